The van der Waals surface area contributed by atoms with Gasteiger partial charge in [-0.3, -0.25) is 0 Å². The molecule has 74 valence electrons. The van der Waals surface area contributed by atoms with Gasteiger partial charge in [-0.15, -0.1) is 6.42 Å². The van der Waals surface area contributed by atoms with Crippen LogP contribution in [0.15, 0.2) is 12.2 Å². The Morgan fingerprint density at radius 2 is 2.38 bits per heavy atom. The van der Waals surface area contributed by atoms with E-state index in [0.29, 0.717) is 13.2 Å². The van der Waals surface area contributed by atoms with Crippen LogP contribution in [-0.2, 0) is 4.74 Å². The molecule has 0 aromatic rings. The molecule has 2 heteroatoms. The molecule has 0 bridgehead atoms. The van der Waals surface area contributed by atoms with Gasteiger partial charge in [0.2, 0.25) is 0 Å². The molecular formula is C11H19NO. The van der Waals surface area contributed by atoms with Crippen molar-refractivity contribution in [3.05, 3.63) is 12.2 Å². The third-order valence-corrected chi connectivity index (χ3v) is 1.60. The van der Waals surface area contributed by atoms with Gasteiger partial charge in [0, 0.05) is 6.54 Å². The van der Waals surface area contributed by atoms with Crippen molar-refractivity contribution in [3.8, 4) is 12.3 Å². The van der Waals surface area contributed by atoms with Crippen LogP contribution in [0.1, 0.15) is 20.3 Å². The summed E-state index contributed by atoms with van der Waals surface area (Å²) >= 11 is 0. The standard InChI is InChI=1S/C11H19NO/c1-5-11(6-2)12-7-8-13-9-10(3)4/h1,11-12H,3,6-9H2,2,4H3. The van der Waals surface area contributed by atoms with E-state index in [1.165, 1.54) is 0 Å². The van der Waals surface area contributed by atoms with Gasteiger partial charge < -0.3 is 10.1 Å². The lowest BCUT2D eigenvalue weighted by molar-refractivity contribution is 0.156. The number of terminal acetylenes is 1. The van der Waals surface area contributed by atoms with E-state index in [1.54, 1.807) is 0 Å². The van der Waals surface area contributed by atoms with Gasteiger partial charge in [-0.25, -0.2) is 0 Å². The summed E-state index contributed by atoms with van der Waals surface area (Å²) in [6, 6.07) is 0.174. The van der Waals surface area contributed by atoms with Gasteiger partial charge in [0.05, 0.1) is 19.3 Å². The van der Waals surface area contributed by atoms with E-state index >= 15 is 0 Å². The summed E-state index contributed by atoms with van der Waals surface area (Å²) in [7, 11) is 0. The van der Waals surface area contributed by atoms with Crippen LogP contribution in [0.5, 0.6) is 0 Å². The molecule has 0 aromatic carbocycles. The molecule has 0 saturated heterocycles. The summed E-state index contributed by atoms with van der Waals surface area (Å²) in [6.07, 6.45) is 6.23. The summed E-state index contributed by atoms with van der Waals surface area (Å²) in [6.45, 7) is 9.87. The van der Waals surface area contributed by atoms with Crippen molar-refractivity contribution >= 4 is 0 Å². The molecule has 0 aliphatic carbocycles. The molecule has 1 N–H and O–H groups in total. The van der Waals surface area contributed by atoms with Crippen LogP contribution >= 0.6 is 0 Å². The molecule has 0 aliphatic heterocycles. The summed E-state index contributed by atoms with van der Waals surface area (Å²) in [4.78, 5) is 0. The Kier molecular flexibility index (Phi) is 7.38. The first kappa shape index (κ1) is 12.2. The molecule has 0 fully saturated rings. The van der Waals surface area contributed by atoms with Crippen molar-refractivity contribution in [2.24, 2.45) is 0 Å². The third kappa shape index (κ3) is 7.58. The fourth-order valence-corrected chi connectivity index (χ4v) is 0.873. The summed E-state index contributed by atoms with van der Waals surface area (Å²) in [5.74, 6) is 2.67. The van der Waals surface area contributed by atoms with Crippen molar-refractivity contribution < 1.29 is 4.74 Å². The number of rotatable bonds is 7. The minimum Gasteiger partial charge on any atom is -0.376 e. The van der Waals surface area contributed by atoms with E-state index in [4.69, 9.17) is 11.2 Å². The van der Waals surface area contributed by atoms with Gasteiger partial charge in [0.1, 0.15) is 0 Å². The van der Waals surface area contributed by atoms with E-state index in [-0.39, 0.29) is 6.04 Å². The fraction of sp³-hybridized carbons (Fsp3) is 0.636. The lowest BCUT2D eigenvalue weighted by Crippen LogP contribution is -2.30. The van der Waals surface area contributed by atoms with Gasteiger partial charge in [0.25, 0.3) is 0 Å². The highest BCUT2D eigenvalue weighted by Gasteiger charge is 1.98. The van der Waals surface area contributed by atoms with E-state index in [0.717, 1.165) is 18.5 Å². The normalized spacial score (nSPS) is 12.1. The van der Waals surface area contributed by atoms with Crippen molar-refractivity contribution in [2.45, 2.75) is 26.3 Å². The number of ether oxygens (including phenoxy) is 1. The molecule has 0 amide bonds. The maximum atomic E-state index is 5.30. The van der Waals surface area contributed by atoms with Gasteiger partial charge in [-0.05, 0) is 13.3 Å². The second-order valence-electron chi connectivity index (χ2n) is 3.09. The molecule has 0 saturated carbocycles. The maximum Gasteiger partial charge on any atom is 0.0685 e. The van der Waals surface area contributed by atoms with Gasteiger partial charge in [-0.1, -0.05) is 25.0 Å². The van der Waals surface area contributed by atoms with E-state index < -0.39 is 0 Å². The maximum absolute atomic E-state index is 5.30. The minimum absolute atomic E-state index is 0.174. The molecule has 0 rings (SSSR count). The Morgan fingerprint density at radius 3 is 2.85 bits per heavy atom. The van der Waals surface area contributed by atoms with Gasteiger partial charge in [-0.2, -0.15) is 0 Å². The van der Waals surface area contributed by atoms with Crippen molar-refractivity contribution in [1.29, 1.82) is 0 Å². The van der Waals surface area contributed by atoms with Gasteiger partial charge in [0.15, 0.2) is 0 Å². The number of nitrogens with one attached hydrogen (secondary N) is 1. The van der Waals surface area contributed by atoms with Gasteiger partial charge >= 0.3 is 0 Å². The summed E-state index contributed by atoms with van der Waals surface area (Å²) in [5, 5.41) is 3.20. The Balaban J connectivity index is 3.25. The van der Waals surface area contributed by atoms with Crippen molar-refractivity contribution in [3.63, 3.8) is 0 Å². The predicted octanol–water partition coefficient (Wildman–Crippen LogP) is 1.58. The Hall–Kier alpha value is -0.780. The highest BCUT2D eigenvalue weighted by molar-refractivity contribution is 4.97. The third-order valence-electron chi connectivity index (χ3n) is 1.60. The second kappa shape index (κ2) is 7.85. The van der Waals surface area contributed by atoms with Crippen LogP contribution in [0.4, 0.5) is 0 Å². The monoisotopic (exact) mass is 181 g/mol. The lowest BCUT2D eigenvalue weighted by Gasteiger charge is -2.10. The largest absolute Gasteiger partial charge is 0.376 e. The first-order valence-electron chi connectivity index (χ1n) is 4.62. The Bertz CT molecular complexity index is 181. The van der Waals surface area contributed by atoms with E-state index in [9.17, 15) is 0 Å². The van der Waals surface area contributed by atoms with Crippen molar-refractivity contribution in [2.75, 3.05) is 19.8 Å². The smallest absolute Gasteiger partial charge is 0.0685 e. The molecular weight excluding hydrogens is 162 g/mol. The SMILES string of the molecule is C#CC(CC)NCCOCC(=C)C. The average molecular weight is 181 g/mol. The fourth-order valence-electron chi connectivity index (χ4n) is 0.873. The molecule has 0 aliphatic rings. The first-order chi connectivity index (χ1) is 6.20. The quantitative estimate of drug-likeness (QED) is 0.366. The molecule has 13 heavy (non-hydrogen) atoms. The molecule has 2 nitrogen and oxygen atoms in total. The molecule has 1 atom stereocenters. The van der Waals surface area contributed by atoms with Crippen LogP contribution in [0, 0.1) is 12.3 Å². The second-order valence-corrected chi connectivity index (χ2v) is 3.09. The van der Waals surface area contributed by atoms with Crippen LogP contribution in [0.25, 0.3) is 0 Å². The zero-order valence-corrected chi connectivity index (χ0v) is 8.60. The number of hydrogen-bond donors (Lipinski definition) is 1. The van der Waals surface area contributed by atoms with E-state index in [1.807, 2.05) is 6.92 Å². The number of hydrogen-bond acceptors (Lipinski definition) is 2. The van der Waals surface area contributed by atoms with Crippen LogP contribution < -0.4 is 5.32 Å². The zero-order valence-electron chi connectivity index (χ0n) is 8.60. The Morgan fingerprint density at radius 1 is 1.69 bits per heavy atom. The van der Waals surface area contributed by atoms with Crippen LogP contribution in [0.2, 0.25) is 0 Å². The summed E-state index contributed by atoms with van der Waals surface area (Å²) < 4.78 is 5.30. The molecule has 0 heterocycles. The lowest BCUT2D eigenvalue weighted by atomic mass is 10.2. The topological polar surface area (TPSA) is 21.3 Å². The predicted molar refractivity (Wildman–Crippen MR) is 56.5 cm³/mol. The van der Waals surface area contributed by atoms with Crippen LogP contribution in [-0.4, -0.2) is 25.8 Å². The summed E-state index contributed by atoms with van der Waals surface area (Å²) in [5.41, 5.74) is 1.05. The molecule has 1 unspecified atom stereocenters. The minimum atomic E-state index is 0.174. The highest BCUT2D eigenvalue weighted by Crippen LogP contribution is 1.89. The Labute approximate surface area is 81.4 Å². The highest BCUT2D eigenvalue weighted by atomic mass is 16.5. The molecule has 0 radical (unpaired) electrons. The first-order valence-corrected chi connectivity index (χ1v) is 4.62. The van der Waals surface area contributed by atoms with Crippen LogP contribution in [0.3, 0.4) is 0 Å². The molecule has 0 aromatic heterocycles. The van der Waals surface area contributed by atoms with E-state index in [2.05, 4.69) is 24.7 Å². The zero-order chi connectivity index (χ0) is 10.1. The average Bonchev–Trinajstić information content (AvgIpc) is 2.11. The van der Waals surface area contributed by atoms with Crippen molar-refractivity contribution in [1.82, 2.24) is 5.32 Å². The molecule has 0 spiro atoms.